The molecule has 4 rings (SSSR count). The number of methoxy groups -OCH3 is 2. The number of fused-ring (bicyclic) bond motifs is 2. The minimum atomic E-state index is -0.128. The SMILES string of the molecule is COc1cc(O)c2c(c1)CC1c3c(c(O)c(OC)c(O)c3-2)CC[N+]1(C)C. The number of hydrogen-bond acceptors (Lipinski definition) is 5. The quantitative estimate of drug-likeness (QED) is 0.720. The van der Waals surface area contributed by atoms with Crippen molar-refractivity contribution in [3.8, 4) is 39.9 Å². The van der Waals surface area contributed by atoms with Crippen LogP contribution in [0.1, 0.15) is 22.7 Å². The van der Waals surface area contributed by atoms with Gasteiger partial charge in [-0.1, -0.05) is 0 Å². The molecule has 1 unspecified atom stereocenters. The van der Waals surface area contributed by atoms with Crippen molar-refractivity contribution in [1.82, 2.24) is 0 Å². The molecule has 138 valence electrons. The van der Waals surface area contributed by atoms with Gasteiger partial charge in [0.05, 0.1) is 34.9 Å². The minimum Gasteiger partial charge on any atom is -0.507 e. The molecule has 0 bridgehead atoms. The molecular formula is C20H24NO5+. The second-order valence-corrected chi connectivity index (χ2v) is 7.65. The highest BCUT2D eigenvalue weighted by Gasteiger charge is 2.45. The van der Waals surface area contributed by atoms with E-state index in [2.05, 4.69) is 14.1 Å². The van der Waals surface area contributed by atoms with Crippen LogP contribution in [-0.2, 0) is 12.8 Å². The molecule has 1 aliphatic carbocycles. The fraction of sp³-hybridized carbons (Fsp3) is 0.400. The summed E-state index contributed by atoms with van der Waals surface area (Å²) in [6.07, 6.45) is 1.37. The van der Waals surface area contributed by atoms with Crippen LogP contribution in [0.2, 0.25) is 0 Å². The topological polar surface area (TPSA) is 79.2 Å². The fourth-order valence-electron chi connectivity index (χ4n) is 4.52. The summed E-state index contributed by atoms with van der Waals surface area (Å²) in [5.74, 6) is 0.574. The van der Waals surface area contributed by atoms with E-state index < -0.39 is 0 Å². The second kappa shape index (κ2) is 5.45. The third kappa shape index (κ3) is 2.08. The van der Waals surface area contributed by atoms with Crippen LogP contribution in [0.3, 0.4) is 0 Å². The highest BCUT2D eigenvalue weighted by molar-refractivity contribution is 5.88. The van der Waals surface area contributed by atoms with Gasteiger partial charge in [-0.2, -0.15) is 0 Å². The molecule has 1 atom stereocenters. The molecule has 3 N–H and O–H groups in total. The van der Waals surface area contributed by atoms with Gasteiger partial charge in [0.15, 0.2) is 11.5 Å². The van der Waals surface area contributed by atoms with Crippen LogP contribution in [0.4, 0.5) is 0 Å². The van der Waals surface area contributed by atoms with Crippen molar-refractivity contribution in [2.24, 2.45) is 0 Å². The highest BCUT2D eigenvalue weighted by atomic mass is 16.5. The maximum Gasteiger partial charge on any atom is 0.203 e. The van der Waals surface area contributed by atoms with Gasteiger partial charge in [-0.3, -0.25) is 0 Å². The van der Waals surface area contributed by atoms with E-state index in [0.717, 1.165) is 27.7 Å². The summed E-state index contributed by atoms with van der Waals surface area (Å²) in [5, 5.41) is 32.3. The molecule has 0 amide bonds. The Hall–Kier alpha value is -2.60. The molecular weight excluding hydrogens is 334 g/mol. The normalized spacial score (nSPS) is 19.5. The first-order chi connectivity index (χ1) is 12.3. The van der Waals surface area contributed by atoms with Crippen molar-refractivity contribution in [2.75, 3.05) is 34.9 Å². The summed E-state index contributed by atoms with van der Waals surface area (Å²) in [6, 6.07) is 3.52. The third-order valence-corrected chi connectivity index (χ3v) is 5.94. The molecule has 0 radical (unpaired) electrons. The van der Waals surface area contributed by atoms with Crippen LogP contribution in [-0.4, -0.2) is 54.7 Å². The van der Waals surface area contributed by atoms with Gasteiger partial charge >= 0.3 is 0 Å². The summed E-state index contributed by atoms with van der Waals surface area (Å²) in [7, 11) is 7.29. The summed E-state index contributed by atoms with van der Waals surface area (Å²) < 4.78 is 11.3. The lowest BCUT2D eigenvalue weighted by Gasteiger charge is -2.46. The number of hydrogen-bond donors (Lipinski definition) is 3. The number of likely N-dealkylation sites (N-methyl/N-ethyl adjacent to an activating group) is 1. The van der Waals surface area contributed by atoms with Crippen molar-refractivity contribution >= 4 is 0 Å². The van der Waals surface area contributed by atoms with Gasteiger partial charge in [0.25, 0.3) is 0 Å². The van der Waals surface area contributed by atoms with Crippen LogP contribution < -0.4 is 9.47 Å². The average Bonchev–Trinajstić information content (AvgIpc) is 2.60. The number of benzene rings is 2. The average molecular weight is 358 g/mol. The van der Waals surface area contributed by atoms with Crippen molar-refractivity contribution in [3.63, 3.8) is 0 Å². The van der Waals surface area contributed by atoms with Crippen LogP contribution in [0, 0.1) is 0 Å². The molecule has 0 saturated carbocycles. The van der Waals surface area contributed by atoms with E-state index in [9.17, 15) is 15.3 Å². The molecule has 2 aliphatic rings. The first-order valence-electron chi connectivity index (χ1n) is 8.67. The van der Waals surface area contributed by atoms with Gasteiger partial charge in [0.2, 0.25) is 5.75 Å². The van der Waals surface area contributed by atoms with E-state index in [1.165, 1.54) is 7.11 Å². The summed E-state index contributed by atoms with van der Waals surface area (Å²) in [4.78, 5) is 0. The Balaban J connectivity index is 2.13. The van der Waals surface area contributed by atoms with Gasteiger partial charge < -0.3 is 29.3 Å². The van der Waals surface area contributed by atoms with Crippen LogP contribution in [0.5, 0.6) is 28.7 Å². The Labute approximate surface area is 152 Å². The van der Waals surface area contributed by atoms with Gasteiger partial charge in [0, 0.05) is 41.2 Å². The molecule has 2 aromatic rings. The molecule has 0 fully saturated rings. The van der Waals surface area contributed by atoms with E-state index >= 15 is 0 Å². The minimum absolute atomic E-state index is 0.00454. The number of phenols is 3. The van der Waals surface area contributed by atoms with E-state index in [4.69, 9.17) is 9.47 Å². The number of aromatic hydroxyl groups is 3. The number of phenolic OH excluding ortho intramolecular Hbond substituents is 3. The molecule has 6 heteroatoms. The van der Waals surface area contributed by atoms with Crippen molar-refractivity contribution < 1.29 is 29.3 Å². The zero-order valence-electron chi connectivity index (χ0n) is 15.5. The highest BCUT2D eigenvalue weighted by Crippen LogP contribution is 2.59. The third-order valence-electron chi connectivity index (χ3n) is 5.94. The van der Waals surface area contributed by atoms with Crippen LogP contribution in [0.25, 0.3) is 11.1 Å². The lowest BCUT2D eigenvalue weighted by Crippen LogP contribution is -2.49. The van der Waals surface area contributed by atoms with Crippen molar-refractivity contribution in [1.29, 1.82) is 0 Å². The molecule has 1 heterocycles. The van der Waals surface area contributed by atoms with Crippen molar-refractivity contribution in [3.05, 3.63) is 28.8 Å². The van der Waals surface area contributed by atoms with E-state index in [1.807, 2.05) is 6.07 Å². The maximum absolute atomic E-state index is 10.9. The lowest BCUT2D eigenvalue weighted by atomic mass is 9.75. The Bertz CT molecular complexity index is 919. The van der Waals surface area contributed by atoms with Crippen molar-refractivity contribution in [2.45, 2.75) is 18.9 Å². The summed E-state index contributed by atoms with van der Waals surface area (Å²) >= 11 is 0. The molecule has 0 spiro atoms. The molecule has 2 aromatic carbocycles. The zero-order valence-corrected chi connectivity index (χ0v) is 15.5. The second-order valence-electron chi connectivity index (χ2n) is 7.65. The predicted molar refractivity (Wildman–Crippen MR) is 97.1 cm³/mol. The number of nitrogens with zero attached hydrogens (tertiary/aromatic N) is 1. The number of ether oxygens (including phenoxy) is 2. The fourth-order valence-corrected chi connectivity index (χ4v) is 4.52. The zero-order chi connectivity index (χ0) is 18.8. The van der Waals surface area contributed by atoms with E-state index in [1.54, 1.807) is 13.2 Å². The lowest BCUT2D eigenvalue weighted by molar-refractivity contribution is -0.923. The van der Waals surface area contributed by atoms with Crippen LogP contribution >= 0.6 is 0 Å². The largest absolute Gasteiger partial charge is 0.507 e. The summed E-state index contributed by atoms with van der Waals surface area (Å²) in [5.41, 5.74) is 3.78. The molecule has 0 saturated heterocycles. The standard InChI is InChI=1S/C20H23NO5/c1-21(2)6-5-12-16-13(21)8-10-7-11(25-3)9-14(22)15(10)17(16)19(24)20(26-4)18(12)23/h7,9,13H,5-6,8H2,1-4H3,(H2-,22,23,24)/p+1. The molecule has 0 aromatic heterocycles. The Morgan fingerprint density at radius 2 is 1.73 bits per heavy atom. The monoisotopic (exact) mass is 358 g/mol. The Morgan fingerprint density at radius 3 is 2.38 bits per heavy atom. The smallest absolute Gasteiger partial charge is 0.203 e. The molecule has 26 heavy (non-hydrogen) atoms. The van der Waals surface area contributed by atoms with Gasteiger partial charge in [-0.05, 0) is 11.6 Å². The van der Waals surface area contributed by atoms with Crippen LogP contribution in [0.15, 0.2) is 12.1 Å². The Morgan fingerprint density at radius 1 is 1.00 bits per heavy atom. The first kappa shape index (κ1) is 16.8. The maximum atomic E-state index is 10.9. The number of rotatable bonds is 2. The number of quaternary nitrogens is 1. The van der Waals surface area contributed by atoms with Gasteiger partial charge in [-0.25, -0.2) is 0 Å². The summed E-state index contributed by atoms with van der Waals surface area (Å²) in [6.45, 7) is 0.865. The predicted octanol–water partition coefficient (Wildman–Crippen LogP) is 2.72. The molecule has 6 nitrogen and oxygen atoms in total. The van der Waals surface area contributed by atoms with E-state index in [0.29, 0.717) is 29.7 Å². The van der Waals surface area contributed by atoms with E-state index in [-0.39, 0.29) is 29.0 Å². The first-order valence-corrected chi connectivity index (χ1v) is 8.67. The Kier molecular flexibility index (Phi) is 3.53. The van der Waals surface area contributed by atoms with Gasteiger partial charge in [-0.15, -0.1) is 0 Å². The molecule has 1 aliphatic heterocycles. The van der Waals surface area contributed by atoms with Gasteiger partial charge in [0.1, 0.15) is 17.5 Å².